The highest BCUT2D eigenvalue weighted by molar-refractivity contribution is 5.27. The molecule has 0 aromatic carbocycles. The van der Waals surface area contributed by atoms with Crippen molar-refractivity contribution in [3.8, 4) is 0 Å². The van der Waals surface area contributed by atoms with Crippen LogP contribution in [0.3, 0.4) is 0 Å². The molecule has 0 spiro atoms. The van der Waals surface area contributed by atoms with E-state index >= 15 is 0 Å². The second-order valence-corrected chi connectivity index (χ2v) is 3.26. The number of aromatic nitrogens is 2. The summed E-state index contributed by atoms with van der Waals surface area (Å²) >= 11 is 0. The van der Waals surface area contributed by atoms with E-state index in [0.29, 0.717) is 11.7 Å². The van der Waals surface area contributed by atoms with Crippen LogP contribution in [0.1, 0.15) is 31.5 Å². The van der Waals surface area contributed by atoms with Crippen molar-refractivity contribution in [3.05, 3.63) is 12.0 Å². The molecule has 1 aromatic rings. The fourth-order valence-corrected chi connectivity index (χ4v) is 1.72. The monoisotopic (exact) mass is 151 g/mol. The van der Waals surface area contributed by atoms with Crippen molar-refractivity contribution in [2.45, 2.75) is 32.2 Å². The molecule has 0 saturated heterocycles. The van der Waals surface area contributed by atoms with Gasteiger partial charge in [0.1, 0.15) is 11.6 Å². The van der Waals surface area contributed by atoms with E-state index in [9.17, 15) is 0 Å². The van der Waals surface area contributed by atoms with Crippen LogP contribution in [0.25, 0.3) is 0 Å². The average molecular weight is 151 g/mol. The molecule has 1 atom stereocenters. The molecular weight excluding hydrogens is 138 g/mol. The van der Waals surface area contributed by atoms with Crippen LogP contribution < -0.4 is 5.73 Å². The van der Waals surface area contributed by atoms with Crippen molar-refractivity contribution in [2.24, 2.45) is 0 Å². The Bertz CT molecular complexity index is 264. The van der Waals surface area contributed by atoms with E-state index < -0.39 is 0 Å². The van der Waals surface area contributed by atoms with Gasteiger partial charge in [-0.05, 0) is 12.8 Å². The first-order valence-electron chi connectivity index (χ1n) is 4.10. The molecule has 2 N–H and O–H groups in total. The molecular formula is C8H13N3. The van der Waals surface area contributed by atoms with Crippen molar-refractivity contribution in [3.63, 3.8) is 0 Å². The largest absolute Gasteiger partial charge is 0.382 e. The first kappa shape index (κ1) is 6.70. The van der Waals surface area contributed by atoms with Gasteiger partial charge in [0.25, 0.3) is 0 Å². The lowest BCUT2D eigenvalue weighted by atomic mass is 10.0. The maximum absolute atomic E-state index is 5.59. The van der Waals surface area contributed by atoms with Crippen LogP contribution in [0.5, 0.6) is 0 Å². The molecule has 60 valence electrons. The van der Waals surface area contributed by atoms with E-state index in [-0.39, 0.29) is 0 Å². The van der Waals surface area contributed by atoms with E-state index in [0.717, 1.165) is 12.4 Å². The summed E-state index contributed by atoms with van der Waals surface area (Å²) in [5, 5.41) is 0. The zero-order valence-electron chi connectivity index (χ0n) is 6.75. The summed E-state index contributed by atoms with van der Waals surface area (Å²) in [7, 11) is 0. The zero-order chi connectivity index (χ0) is 7.84. The van der Waals surface area contributed by atoms with Crippen LogP contribution in [0, 0.1) is 0 Å². The minimum absolute atomic E-state index is 0.584. The normalized spacial score (nSPS) is 23.2. The number of hydrogen-bond donors (Lipinski definition) is 1. The van der Waals surface area contributed by atoms with Gasteiger partial charge < -0.3 is 10.3 Å². The van der Waals surface area contributed by atoms with Crippen molar-refractivity contribution in [1.82, 2.24) is 9.55 Å². The molecule has 2 rings (SSSR count). The van der Waals surface area contributed by atoms with Crippen molar-refractivity contribution in [1.29, 1.82) is 0 Å². The fraction of sp³-hybridized carbons (Fsp3) is 0.625. The van der Waals surface area contributed by atoms with Gasteiger partial charge in [-0.15, -0.1) is 0 Å². The Balaban J connectivity index is 2.43. The SMILES string of the molecule is C[C@@H]1CCCn2cc(N)nc21. The van der Waals surface area contributed by atoms with Crippen LogP contribution >= 0.6 is 0 Å². The zero-order valence-corrected chi connectivity index (χ0v) is 6.75. The standard InChI is InChI=1S/C8H13N3/c1-6-3-2-4-11-5-7(9)10-8(6)11/h5-6H,2-4,9H2,1H3/t6-/m1/s1. The fourth-order valence-electron chi connectivity index (χ4n) is 1.72. The summed E-state index contributed by atoms with van der Waals surface area (Å²) in [5.74, 6) is 2.41. The molecule has 0 aliphatic carbocycles. The number of rotatable bonds is 0. The number of nitrogens with two attached hydrogens (primary N) is 1. The van der Waals surface area contributed by atoms with Crippen LogP contribution in [0.4, 0.5) is 5.82 Å². The number of imidazole rings is 1. The summed E-state index contributed by atoms with van der Waals surface area (Å²) < 4.78 is 2.17. The van der Waals surface area contributed by atoms with Crippen molar-refractivity contribution < 1.29 is 0 Å². The molecule has 3 heteroatoms. The van der Waals surface area contributed by atoms with Crippen molar-refractivity contribution in [2.75, 3.05) is 5.73 Å². The Morgan fingerprint density at radius 2 is 2.55 bits per heavy atom. The Kier molecular flexibility index (Phi) is 1.37. The lowest BCUT2D eigenvalue weighted by Crippen LogP contribution is -2.12. The second kappa shape index (κ2) is 2.26. The third-order valence-corrected chi connectivity index (χ3v) is 2.30. The van der Waals surface area contributed by atoms with Crippen LogP contribution in [-0.2, 0) is 6.54 Å². The molecule has 1 aromatic heterocycles. The molecule has 3 nitrogen and oxygen atoms in total. The van der Waals surface area contributed by atoms with E-state index in [2.05, 4.69) is 16.5 Å². The smallest absolute Gasteiger partial charge is 0.141 e. The van der Waals surface area contributed by atoms with Gasteiger partial charge in [0.15, 0.2) is 0 Å². The van der Waals surface area contributed by atoms with E-state index in [1.54, 1.807) is 0 Å². The first-order valence-corrected chi connectivity index (χ1v) is 4.10. The van der Waals surface area contributed by atoms with E-state index in [4.69, 9.17) is 5.73 Å². The molecule has 0 radical (unpaired) electrons. The Hall–Kier alpha value is -0.990. The molecule has 1 aliphatic rings. The van der Waals surface area contributed by atoms with Crippen LogP contribution in [0.15, 0.2) is 6.20 Å². The maximum Gasteiger partial charge on any atom is 0.141 e. The summed E-state index contributed by atoms with van der Waals surface area (Å²) in [6, 6.07) is 0. The quantitative estimate of drug-likeness (QED) is 0.608. The summed E-state index contributed by atoms with van der Waals surface area (Å²) in [4.78, 5) is 4.27. The molecule has 0 amide bonds. The maximum atomic E-state index is 5.59. The predicted octanol–water partition coefficient (Wildman–Crippen LogP) is 1.36. The van der Waals surface area contributed by atoms with Gasteiger partial charge >= 0.3 is 0 Å². The first-order chi connectivity index (χ1) is 5.27. The molecule has 2 heterocycles. The third-order valence-electron chi connectivity index (χ3n) is 2.30. The predicted molar refractivity (Wildman–Crippen MR) is 44.3 cm³/mol. The number of nitrogen functional groups attached to an aromatic ring is 1. The number of anilines is 1. The molecule has 0 saturated carbocycles. The van der Waals surface area contributed by atoms with Gasteiger partial charge in [0.2, 0.25) is 0 Å². The molecule has 0 unspecified atom stereocenters. The van der Waals surface area contributed by atoms with Crippen LogP contribution in [-0.4, -0.2) is 9.55 Å². The van der Waals surface area contributed by atoms with Gasteiger partial charge in [-0.25, -0.2) is 4.98 Å². The number of fused-ring (bicyclic) bond motifs is 1. The molecule has 1 aliphatic heterocycles. The van der Waals surface area contributed by atoms with Gasteiger partial charge in [-0.3, -0.25) is 0 Å². The Morgan fingerprint density at radius 1 is 1.73 bits per heavy atom. The number of aryl methyl sites for hydroxylation is 1. The lowest BCUT2D eigenvalue weighted by Gasteiger charge is -2.18. The second-order valence-electron chi connectivity index (χ2n) is 3.26. The summed E-state index contributed by atoms with van der Waals surface area (Å²) in [6.07, 6.45) is 4.44. The Labute approximate surface area is 66.2 Å². The minimum atomic E-state index is 0.584. The Morgan fingerprint density at radius 3 is 3.27 bits per heavy atom. The lowest BCUT2D eigenvalue weighted by molar-refractivity contribution is 0.463. The van der Waals surface area contributed by atoms with E-state index in [1.807, 2.05) is 6.20 Å². The molecule has 0 fully saturated rings. The van der Waals surface area contributed by atoms with Gasteiger partial charge in [0.05, 0.1) is 0 Å². The highest BCUT2D eigenvalue weighted by Gasteiger charge is 2.17. The van der Waals surface area contributed by atoms with E-state index in [1.165, 1.54) is 12.8 Å². The topological polar surface area (TPSA) is 43.8 Å². The number of hydrogen-bond acceptors (Lipinski definition) is 2. The van der Waals surface area contributed by atoms with Crippen LogP contribution in [0.2, 0.25) is 0 Å². The molecule has 0 bridgehead atoms. The average Bonchev–Trinajstić information content (AvgIpc) is 2.31. The highest BCUT2D eigenvalue weighted by Crippen LogP contribution is 2.26. The molecule has 11 heavy (non-hydrogen) atoms. The van der Waals surface area contributed by atoms with Crippen molar-refractivity contribution >= 4 is 5.82 Å². The third kappa shape index (κ3) is 1.00. The van der Waals surface area contributed by atoms with Gasteiger partial charge in [-0.2, -0.15) is 0 Å². The summed E-state index contributed by atoms with van der Waals surface area (Å²) in [5.41, 5.74) is 5.59. The summed E-state index contributed by atoms with van der Waals surface area (Å²) in [6.45, 7) is 3.29. The number of nitrogens with zero attached hydrogens (tertiary/aromatic N) is 2. The van der Waals surface area contributed by atoms with Gasteiger partial charge in [0, 0.05) is 18.7 Å². The van der Waals surface area contributed by atoms with Gasteiger partial charge in [-0.1, -0.05) is 6.92 Å². The highest BCUT2D eigenvalue weighted by atomic mass is 15.1. The minimum Gasteiger partial charge on any atom is -0.382 e.